The Kier molecular flexibility index (Phi) is 4.01. The lowest BCUT2D eigenvalue weighted by molar-refractivity contribution is -0.141. The molecule has 0 aromatic heterocycles. The molecule has 3 rings (SSSR count). The van der Waals surface area contributed by atoms with Crippen molar-refractivity contribution >= 4 is 5.91 Å². The molecule has 114 valence electrons. The van der Waals surface area contributed by atoms with Gasteiger partial charge in [-0.15, -0.1) is 0 Å². The highest BCUT2D eigenvalue weighted by Gasteiger charge is 2.44. The maximum atomic E-state index is 12.3. The summed E-state index contributed by atoms with van der Waals surface area (Å²) in [7, 11) is 1.64. The van der Waals surface area contributed by atoms with Crippen molar-refractivity contribution in [3.63, 3.8) is 0 Å². The molecule has 1 saturated carbocycles. The molecule has 0 saturated heterocycles. The minimum atomic E-state index is -0.331. The molecular formula is C16H21NO4. The fourth-order valence-corrected chi connectivity index (χ4v) is 2.87. The van der Waals surface area contributed by atoms with E-state index < -0.39 is 0 Å². The summed E-state index contributed by atoms with van der Waals surface area (Å²) in [4.78, 5) is 12.3. The van der Waals surface area contributed by atoms with Crippen LogP contribution in [-0.2, 0) is 9.53 Å². The number of amides is 1. The summed E-state index contributed by atoms with van der Waals surface area (Å²) in [5, 5.41) is 2.99. The first-order chi connectivity index (χ1) is 10.2. The summed E-state index contributed by atoms with van der Waals surface area (Å²) in [5.41, 5.74) is -0.331. The van der Waals surface area contributed by atoms with E-state index in [1.54, 1.807) is 7.11 Å². The zero-order valence-electron chi connectivity index (χ0n) is 12.3. The molecule has 21 heavy (non-hydrogen) atoms. The van der Waals surface area contributed by atoms with Crippen molar-refractivity contribution in [3.05, 3.63) is 24.3 Å². The van der Waals surface area contributed by atoms with Gasteiger partial charge in [-0.2, -0.15) is 0 Å². The first-order valence-electron chi connectivity index (χ1n) is 7.39. The first-order valence-corrected chi connectivity index (χ1v) is 7.39. The molecule has 0 spiro atoms. The van der Waals surface area contributed by atoms with Crippen LogP contribution >= 0.6 is 0 Å². The molecular weight excluding hydrogens is 270 g/mol. The number of nitrogens with one attached hydrogen (secondary N) is 1. The highest BCUT2D eigenvalue weighted by molar-refractivity contribution is 5.83. The van der Waals surface area contributed by atoms with Crippen LogP contribution in [0.4, 0.5) is 0 Å². The summed E-state index contributed by atoms with van der Waals surface area (Å²) in [6, 6.07) is 7.58. The van der Waals surface area contributed by atoms with Crippen molar-refractivity contribution in [3.8, 4) is 11.5 Å². The van der Waals surface area contributed by atoms with Gasteiger partial charge in [0, 0.05) is 7.11 Å². The van der Waals surface area contributed by atoms with E-state index in [1.807, 2.05) is 24.3 Å². The first kappa shape index (κ1) is 14.2. The topological polar surface area (TPSA) is 56.8 Å². The zero-order chi connectivity index (χ0) is 14.7. The summed E-state index contributed by atoms with van der Waals surface area (Å²) in [6.07, 6.45) is 2.74. The van der Waals surface area contributed by atoms with Gasteiger partial charge in [0.1, 0.15) is 12.7 Å². The molecule has 5 nitrogen and oxygen atoms in total. The van der Waals surface area contributed by atoms with E-state index in [9.17, 15) is 4.79 Å². The monoisotopic (exact) mass is 291 g/mol. The summed E-state index contributed by atoms with van der Waals surface area (Å²) in [6.45, 7) is 1.40. The molecule has 1 atom stereocenters. The van der Waals surface area contributed by atoms with Crippen LogP contribution in [0.3, 0.4) is 0 Å². The summed E-state index contributed by atoms with van der Waals surface area (Å²) < 4.78 is 16.7. The second-order valence-electron chi connectivity index (χ2n) is 5.77. The van der Waals surface area contributed by atoms with E-state index >= 15 is 0 Å². The third kappa shape index (κ3) is 2.83. The van der Waals surface area contributed by atoms with Crippen molar-refractivity contribution in [2.45, 2.75) is 25.4 Å². The van der Waals surface area contributed by atoms with Crippen molar-refractivity contribution in [2.75, 3.05) is 26.9 Å². The van der Waals surface area contributed by atoms with Gasteiger partial charge < -0.3 is 19.5 Å². The predicted molar refractivity (Wildman–Crippen MR) is 77.5 cm³/mol. The predicted octanol–water partition coefficient (Wildman–Crippen LogP) is 1.76. The SMILES string of the molecule is COCC1(C(=O)NC[C@@H]2COc3ccccc3O2)CCC1. The highest BCUT2D eigenvalue weighted by Crippen LogP contribution is 2.41. The number of carbonyl (C=O) groups is 1. The number of hydrogen-bond acceptors (Lipinski definition) is 4. The lowest BCUT2D eigenvalue weighted by Crippen LogP contribution is -2.51. The average Bonchev–Trinajstić information content (AvgIpc) is 2.48. The molecule has 1 N–H and O–H groups in total. The smallest absolute Gasteiger partial charge is 0.228 e. The van der Waals surface area contributed by atoms with Crippen LogP contribution in [0.25, 0.3) is 0 Å². The van der Waals surface area contributed by atoms with Crippen LogP contribution in [0.15, 0.2) is 24.3 Å². The minimum Gasteiger partial charge on any atom is -0.486 e. The molecule has 5 heteroatoms. The Morgan fingerprint density at radius 1 is 1.38 bits per heavy atom. The van der Waals surface area contributed by atoms with Gasteiger partial charge >= 0.3 is 0 Å². The van der Waals surface area contributed by atoms with Crippen LogP contribution in [0, 0.1) is 5.41 Å². The Morgan fingerprint density at radius 3 is 2.81 bits per heavy atom. The van der Waals surface area contributed by atoms with E-state index in [4.69, 9.17) is 14.2 Å². The standard InChI is InChI=1S/C16H21NO4/c1-19-11-16(7-4-8-16)15(18)17-9-12-10-20-13-5-2-3-6-14(13)21-12/h2-3,5-6,12H,4,7-11H2,1H3,(H,17,18)/t12-/m1/s1. The van der Waals surface area contributed by atoms with E-state index in [0.29, 0.717) is 19.8 Å². The number of rotatable bonds is 5. The van der Waals surface area contributed by atoms with Crippen LogP contribution in [-0.4, -0.2) is 38.9 Å². The minimum absolute atomic E-state index is 0.0676. The Hall–Kier alpha value is -1.75. The molecule has 1 aromatic carbocycles. The summed E-state index contributed by atoms with van der Waals surface area (Å²) >= 11 is 0. The molecule has 0 bridgehead atoms. The van der Waals surface area contributed by atoms with Gasteiger partial charge in [-0.25, -0.2) is 0 Å². The van der Waals surface area contributed by atoms with Gasteiger partial charge in [0.15, 0.2) is 11.5 Å². The average molecular weight is 291 g/mol. The number of fused-ring (bicyclic) bond motifs is 1. The van der Waals surface area contributed by atoms with E-state index in [2.05, 4.69) is 5.32 Å². The Bertz CT molecular complexity index is 513. The number of para-hydroxylation sites is 2. The maximum absolute atomic E-state index is 12.3. The Balaban J connectivity index is 1.53. The number of hydrogen-bond donors (Lipinski definition) is 1. The van der Waals surface area contributed by atoms with Gasteiger partial charge in [0.25, 0.3) is 0 Å². The third-order valence-corrected chi connectivity index (χ3v) is 4.27. The van der Waals surface area contributed by atoms with Gasteiger partial charge in [-0.3, -0.25) is 4.79 Å². The molecule has 1 aliphatic heterocycles. The molecule has 0 unspecified atom stereocenters. The molecule has 1 amide bonds. The lowest BCUT2D eigenvalue weighted by Gasteiger charge is -2.39. The Labute approximate surface area is 124 Å². The zero-order valence-corrected chi connectivity index (χ0v) is 12.3. The van der Waals surface area contributed by atoms with E-state index in [1.165, 1.54) is 0 Å². The summed E-state index contributed by atoms with van der Waals surface area (Å²) in [5.74, 6) is 1.56. The Morgan fingerprint density at radius 2 is 2.14 bits per heavy atom. The second kappa shape index (κ2) is 5.93. The number of carbonyl (C=O) groups excluding carboxylic acids is 1. The van der Waals surface area contributed by atoms with Crippen molar-refractivity contribution < 1.29 is 19.0 Å². The molecule has 1 fully saturated rings. The second-order valence-corrected chi connectivity index (χ2v) is 5.77. The van der Waals surface area contributed by atoms with Crippen molar-refractivity contribution in [1.82, 2.24) is 5.32 Å². The van der Waals surface area contributed by atoms with Gasteiger partial charge in [-0.05, 0) is 25.0 Å². The maximum Gasteiger partial charge on any atom is 0.228 e. The van der Waals surface area contributed by atoms with Crippen LogP contribution in [0.5, 0.6) is 11.5 Å². The quantitative estimate of drug-likeness (QED) is 0.898. The third-order valence-electron chi connectivity index (χ3n) is 4.27. The van der Waals surface area contributed by atoms with Crippen LogP contribution in [0.2, 0.25) is 0 Å². The molecule has 1 aromatic rings. The van der Waals surface area contributed by atoms with Gasteiger partial charge in [0.2, 0.25) is 5.91 Å². The van der Waals surface area contributed by atoms with Gasteiger partial charge in [-0.1, -0.05) is 18.6 Å². The van der Waals surface area contributed by atoms with E-state index in [0.717, 1.165) is 30.8 Å². The van der Waals surface area contributed by atoms with Crippen molar-refractivity contribution in [1.29, 1.82) is 0 Å². The molecule has 0 radical (unpaired) electrons. The number of benzene rings is 1. The van der Waals surface area contributed by atoms with Crippen molar-refractivity contribution in [2.24, 2.45) is 5.41 Å². The largest absolute Gasteiger partial charge is 0.486 e. The van der Waals surface area contributed by atoms with Crippen LogP contribution in [0.1, 0.15) is 19.3 Å². The number of ether oxygens (including phenoxy) is 3. The normalized spacial score (nSPS) is 22.2. The van der Waals surface area contributed by atoms with Gasteiger partial charge in [0.05, 0.1) is 18.6 Å². The molecule has 2 aliphatic rings. The fourth-order valence-electron chi connectivity index (χ4n) is 2.87. The fraction of sp³-hybridized carbons (Fsp3) is 0.562. The van der Waals surface area contributed by atoms with E-state index in [-0.39, 0.29) is 17.4 Å². The lowest BCUT2D eigenvalue weighted by atomic mass is 9.68. The number of methoxy groups -OCH3 is 1. The molecule has 1 heterocycles. The van der Waals surface area contributed by atoms with Crippen LogP contribution < -0.4 is 14.8 Å². The highest BCUT2D eigenvalue weighted by atomic mass is 16.6. The molecule has 1 aliphatic carbocycles.